The minimum Gasteiger partial charge on any atom is -0.493 e. The third kappa shape index (κ3) is 3.96. The van der Waals surface area contributed by atoms with E-state index in [1.165, 1.54) is 11.1 Å². The van der Waals surface area contributed by atoms with Gasteiger partial charge in [-0.2, -0.15) is 0 Å². The summed E-state index contributed by atoms with van der Waals surface area (Å²) >= 11 is 0. The summed E-state index contributed by atoms with van der Waals surface area (Å²) < 4.78 is 5.51. The number of piperidine rings is 1. The largest absolute Gasteiger partial charge is 0.493 e. The number of rotatable bonds is 4. The highest BCUT2D eigenvalue weighted by Crippen LogP contribution is 2.26. The number of hydrogen-bond donors (Lipinski definition) is 2. The van der Waals surface area contributed by atoms with Crippen molar-refractivity contribution >= 4 is 6.03 Å². The summed E-state index contributed by atoms with van der Waals surface area (Å²) in [5.41, 5.74) is 2.50. The lowest BCUT2D eigenvalue weighted by molar-refractivity contribution is 0.0740. The Morgan fingerprint density at radius 2 is 2.39 bits per heavy atom. The number of benzene rings is 1. The van der Waals surface area contributed by atoms with Gasteiger partial charge in [-0.25, -0.2) is 4.79 Å². The summed E-state index contributed by atoms with van der Waals surface area (Å²) in [6, 6.07) is 6.26. The molecular weight excluding hydrogens is 292 g/mol. The first-order valence-corrected chi connectivity index (χ1v) is 8.59. The summed E-state index contributed by atoms with van der Waals surface area (Å²) in [5.74, 6) is 1.20. The van der Waals surface area contributed by atoms with Crippen LogP contribution in [0.3, 0.4) is 0 Å². The zero-order valence-electron chi connectivity index (χ0n) is 13.8. The lowest BCUT2D eigenvalue weighted by Crippen LogP contribution is -2.47. The molecule has 1 aromatic rings. The van der Waals surface area contributed by atoms with Crippen molar-refractivity contribution in [3.8, 4) is 5.75 Å². The first kappa shape index (κ1) is 16.1. The standard InChI is InChI=1S/C18H26N2O3/c1-13(21)16-3-2-9-20(12-16)18(22)19-8-6-14-4-5-17-15(11-14)7-10-23-17/h4-5,11,13,16,21H,2-3,6-10,12H2,1H3,(H,19,22). The highest BCUT2D eigenvalue weighted by atomic mass is 16.5. The molecule has 1 aromatic carbocycles. The number of likely N-dealkylation sites (tertiary alicyclic amines) is 1. The number of nitrogens with one attached hydrogen (secondary N) is 1. The number of amides is 2. The molecule has 2 atom stereocenters. The predicted molar refractivity (Wildman–Crippen MR) is 88.7 cm³/mol. The van der Waals surface area contributed by atoms with Crippen LogP contribution < -0.4 is 10.1 Å². The number of urea groups is 1. The molecule has 0 spiro atoms. The molecule has 0 aromatic heterocycles. The van der Waals surface area contributed by atoms with Crippen molar-refractivity contribution in [2.45, 2.75) is 38.7 Å². The molecule has 2 aliphatic heterocycles. The molecule has 5 heteroatoms. The number of aliphatic hydroxyl groups excluding tert-OH is 1. The van der Waals surface area contributed by atoms with Crippen molar-refractivity contribution in [3.63, 3.8) is 0 Å². The van der Waals surface area contributed by atoms with Gasteiger partial charge in [0.05, 0.1) is 12.7 Å². The Hall–Kier alpha value is -1.75. The predicted octanol–water partition coefficient (Wildman–Crippen LogP) is 1.97. The molecule has 2 aliphatic rings. The molecule has 3 rings (SSSR count). The fraction of sp³-hybridized carbons (Fsp3) is 0.611. The average Bonchev–Trinajstić information content (AvgIpc) is 3.02. The second-order valence-corrected chi connectivity index (χ2v) is 6.61. The second-order valence-electron chi connectivity index (χ2n) is 6.61. The molecule has 2 heterocycles. The highest BCUT2D eigenvalue weighted by molar-refractivity contribution is 5.74. The van der Waals surface area contributed by atoms with E-state index < -0.39 is 0 Å². The summed E-state index contributed by atoms with van der Waals surface area (Å²) in [6.45, 7) is 4.65. The molecule has 0 bridgehead atoms. The molecule has 23 heavy (non-hydrogen) atoms. The van der Waals surface area contributed by atoms with Gasteiger partial charge < -0.3 is 20.1 Å². The molecule has 2 N–H and O–H groups in total. The van der Waals surface area contributed by atoms with Gasteiger partial charge in [-0.05, 0) is 43.4 Å². The van der Waals surface area contributed by atoms with Gasteiger partial charge in [0.15, 0.2) is 0 Å². The Kier molecular flexibility index (Phi) is 5.06. The van der Waals surface area contributed by atoms with E-state index in [1.54, 1.807) is 0 Å². The first-order valence-electron chi connectivity index (χ1n) is 8.59. The summed E-state index contributed by atoms with van der Waals surface area (Å²) in [5, 5.41) is 12.7. The monoisotopic (exact) mass is 318 g/mol. The van der Waals surface area contributed by atoms with Crippen LogP contribution in [0, 0.1) is 5.92 Å². The van der Waals surface area contributed by atoms with E-state index in [0.717, 1.165) is 44.6 Å². The smallest absolute Gasteiger partial charge is 0.317 e. The molecule has 2 amide bonds. The minimum absolute atomic E-state index is 0.0140. The van der Waals surface area contributed by atoms with Crippen molar-refractivity contribution in [1.82, 2.24) is 10.2 Å². The van der Waals surface area contributed by atoms with Crippen LogP contribution in [-0.4, -0.2) is 48.4 Å². The van der Waals surface area contributed by atoms with Gasteiger partial charge in [-0.1, -0.05) is 12.1 Å². The van der Waals surface area contributed by atoms with Crippen LogP contribution in [0.5, 0.6) is 5.75 Å². The van der Waals surface area contributed by atoms with Gasteiger partial charge in [0.1, 0.15) is 5.75 Å². The highest BCUT2D eigenvalue weighted by Gasteiger charge is 2.26. The van der Waals surface area contributed by atoms with Crippen LogP contribution in [0.15, 0.2) is 18.2 Å². The van der Waals surface area contributed by atoms with Crippen molar-refractivity contribution in [2.24, 2.45) is 5.92 Å². The lowest BCUT2D eigenvalue weighted by Gasteiger charge is -2.34. The molecular formula is C18H26N2O3. The van der Waals surface area contributed by atoms with Crippen LogP contribution in [-0.2, 0) is 12.8 Å². The fourth-order valence-electron chi connectivity index (χ4n) is 3.41. The Bertz CT molecular complexity index is 559. The van der Waals surface area contributed by atoms with Crippen LogP contribution >= 0.6 is 0 Å². The van der Waals surface area contributed by atoms with Crippen LogP contribution in [0.2, 0.25) is 0 Å². The molecule has 0 radical (unpaired) electrons. The molecule has 0 saturated carbocycles. The van der Waals surface area contributed by atoms with Crippen molar-refractivity contribution in [2.75, 3.05) is 26.2 Å². The van der Waals surface area contributed by atoms with Crippen molar-refractivity contribution < 1.29 is 14.6 Å². The SMILES string of the molecule is CC(O)C1CCCN(C(=O)NCCc2ccc3c(c2)CCO3)C1. The van der Waals surface area contributed by atoms with E-state index in [-0.39, 0.29) is 18.1 Å². The third-order valence-electron chi connectivity index (χ3n) is 4.87. The lowest BCUT2D eigenvalue weighted by atomic mass is 9.94. The summed E-state index contributed by atoms with van der Waals surface area (Å²) in [7, 11) is 0. The van der Waals surface area contributed by atoms with Gasteiger partial charge >= 0.3 is 6.03 Å². The van der Waals surface area contributed by atoms with Crippen molar-refractivity contribution in [1.29, 1.82) is 0 Å². The van der Waals surface area contributed by atoms with E-state index in [1.807, 2.05) is 17.9 Å². The summed E-state index contributed by atoms with van der Waals surface area (Å²) in [6.07, 6.45) is 3.42. The number of nitrogens with zero attached hydrogens (tertiary/aromatic N) is 1. The first-order chi connectivity index (χ1) is 11.1. The fourth-order valence-corrected chi connectivity index (χ4v) is 3.41. The maximum Gasteiger partial charge on any atom is 0.317 e. The molecule has 0 aliphatic carbocycles. The number of ether oxygens (including phenoxy) is 1. The van der Waals surface area contributed by atoms with Crippen LogP contribution in [0.25, 0.3) is 0 Å². The topological polar surface area (TPSA) is 61.8 Å². The van der Waals surface area contributed by atoms with Gasteiger partial charge in [-0.15, -0.1) is 0 Å². The van der Waals surface area contributed by atoms with Crippen LogP contribution in [0.4, 0.5) is 4.79 Å². The Balaban J connectivity index is 1.46. The summed E-state index contributed by atoms with van der Waals surface area (Å²) in [4.78, 5) is 14.1. The average molecular weight is 318 g/mol. The Morgan fingerprint density at radius 1 is 1.52 bits per heavy atom. The van der Waals surface area contributed by atoms with Crippen molar-refractivity contribution in [3.05, 3.63) is 29.3 Å². The van der Waals surface area contributed by atoms with Gasteiger partial charge in [-0.3, -0.25) is 0 Å². The maximum atomic E-state index is 12.3. The normalized spacial score (nSPS) is 21.5. The second kappa shape index (κ2) is 7.21. The number of fused-ring (bicyclic) bond motifs is 1. The maximum absolute atomic E-state index is 12.3. The Labute approximate surface area is 137 Å². The molecule has 126 valence electrons. The number of carbonyl (C=O) groups excluding carboxylic acids is 1. The van der Waals surface area contributed by atoms with Gasteiger partial charge in [0, 0.05) is 32.0 Å². The van der Waals surface area contributed by atoms with E-state index in [2.05, 4.69) is 17.4 Å². The van der Waals surface area contributed by atoms with E-state index >= 15 is 0 Å². The van der Waals surface area contributed by atoms with E-state index in [4.69, 9.17) is 4.74 Å². The molecule has 1 saturated heterocycles. The van der Waals surface area contributed by atoms with Gasteiger partial charge in [0.2, 0.25) is 0 Å². The number of hydrogen-bond acceptors (Lipinski definition) is 3. The number of carbonyl (C=O) groups is 1. The van der Waals surface area contributed by atoms with Crippen LogP contribution in [0.1, 0.15) is 30.9 Å². The minimum atomic E-state index is -0.348. The zero-order valence-corrected chi connectivity index (χ0v) is 13.8. The van der Waals surface area contributed by atoms with E-state index in [0.29, 0.717) is 13.1 Å². The Morgan fingerprint density at radius 3 is 3.22 bits per heavy atom. The third-order valence-corrected chi connectivity index (χ3v) is 4.87. The zero-order chi connectivity index (χ0) is 16.2. The molecule has 2 unspecified atom stereocenters. The quantitative estimate of drug-likeness (QED) is 0.892. The van der Waals surface area contributed by atoms with E-state index in [9.17, 15) is 9.90 Å². The van der Waals surface area contributed by atoms with Gasteiger partial charge in [0.25, 0.3) is 0 Å². The molecule has 1 fully saturated rings. The number of aliphatic hydroxyl groups is 1. The molecule has 5 nitrogen and oxygen atoms in total.